The van der Waals surface area contributed by atoms with Crippen LogP contribution in [0.25, 0.3) is 0 Å². The van der Waals surface area contributed by atoms with E-state index in [-0.39, 0.29) is 27.6 Å². The van der Waals surface area contributed by atoms with Crippen molar-refractivity contribution in [2.45, 2.75) is 6.92 Å². The number of aromatic nitrogens is 2. The molecule has 0 unspecified atom stereocenters. The van der Waals surface area contributed by atoms with E-state index >= 15 is 0 Å². The van der Waals surface area contributed by atoms with Crippen molar-refractivity contribution in [3.8, 4) is 10.9 Å². The van der Waals surface area contributed by atoms with E-state index in [2.05, 4.69) is 10.2 Å². The Kier molecular flexibility index (Phi) is 5.04. The van der Waals surface area contributed by atoms with E-state index in [1.54, 1.807) is 6.92 Å². The highest BCUT2D eigenvalue weighted by molar-refractivity contribution is 7.14. The zero-order chi connectivity index (χ0) is 14.7. The number of benzene rings is 1. The van der Waals surface area contributed by atoms with Crippen molar-refractivity contribution in [2.24, 2.45) is 0 Å². The number of hydrogen-bond donors (Lipinski definition) is 0. The molecule has 0 amide bonds. The number of nitrogens with zero attached hydrogens (tertiary/aromatic N) is 2. The second kappa shape index (κ2) is 6.58. The molecule has 0 aliphatic heterocycles. The van der Waals surface area contributed by atoms with Crippen molar-refractivity contribution >= 4 is 52.1 Å². The standard InChI is InChI=1S/C11H7Cl3N2O3S/c1-2-18-10(17)9-15-16-11(20-9)19-8-4-6(13)5(12)3-7(8)14/h3-4H,2H2,1H3. The topological polar surface area (TPSA) is 61.3 Å². The summed E-state index contributed by atoms with van der Waals surface area (Å²) in [4.78, 5) is 11.4. The zero-order valence-corrected chi connectivity index (χ0v) is 13.1. The third-order valence-electron chi connectivity index (χ3n) is 2.03. The molecule has 2 rings (SSSR count). The van der Waals surface area contributed by atoms with Crippen molar-refractivity contribution < 1.29 is 14.3 Å². The third kappa shape index (κ3) is 3.52. The summed E-state index contributed by atoms with van der Waals surface area (Å²) in [5, 5.41) is 8.50. The summed E-state index contributed by atoms with van der Waals surface area (Å²) in [6, 6.07) is 2.91. The molecule has 0 spiro atoms. The van der Waals surface area contributed by atoms with Gasteiger partial charge in [0.2, 0.25) is 5.01 Å². The minimum absolute atomic E-state index is 0.0954. The molecule has 0 saturated carbocycles. The Hall–Kier alpha value is -1.08. The third-order valence-corrected chi connectivity index (χ3v) is 3.83. The second-order valence-electron chi connectivity index (χ2n) is 3.39. The van der Waals surface area contributed by atoms with E-state index in [0.717, 1.165) is 11.3 Å². The number of esters is 1. The van der Waals surface area contributed by atoms with Gasteiger partial charge in [-0.1, -0.05) is 39.9 Å². The van der Waals surface area contributed by atoms with Crippen LogP contribution in [0.4, 0.5) is 0 Å². The molecule has 0 bridgehead atoms. The van der Waals surface area contributed by atoms with Crippen LogP contribution < -0.4 is 4.74 Å². The number of carbonyl (C=O) groups excluding carboxylic acids is 1. The molecule has 1 heterocycles. The monoisotopic (exact) mass is 352 g/mol. The summed E-state index contributed by atoms with van der Waals surface area (Å²) in [6.45, 7) is 1.96. The molecule has 0 radical (unpaired) electrons. The number of carbonyl (C=O) groups is 1. The fourth-order valence-corrected chi connectivity index (χ4v) is 2.38. The first-order valence-corrected chi connectivity index (χ1v) is 7.29. The lowest BCUT2D eigenvalue weighted by molar-refractivity contribution is 0.0525. The van der Waals surface area contributed by atoms with Crippen LogP contribution in [0, 0.1) is 0 Å². The highest BCUT2D eigenvalue weighted by Gasteiger charge is 2.16. The van der Waals surface area contributed by atoms with Crippen LogP contribution in [0.1, 0.15) is 16.7 Å². The second-order valence-corrected chi connectivity index (χ2v) is 5.55. The van der Waals surface area contributed by atoms with Crippen molar-refractivity contribution in [1.82, 2.24) is 10.2 Å². The van der Waals surface area contributed by atoms with Gasteiger partial charge in [0.25, 0.3) is 5.19 Å². The molecule has 1 aromatic carbocycles. The fourth-order valence-electron chi connectivity index (χ4n) is 1.20. The van der Waals surface area contributed by atoms with Crippen molar-refractivity contribution in [1.29, 1.82) is 0 Å². The van der Waals surface area contributed by atoms with E-state index in [0.29, 0.717) is 10.0 Å². The Morgan fingerprint density at radius 2 is 1.90 bits per heavy atom. The number of ether oxygens (including phenoxy) is 2. The van der Waals surface area contributed by atoms with E-state index in [1.807, 2.05) is 0 Å². The molecule has 0 fully saturated rings. The summed E-state index contributed by atoms with van der Waals surface area (Å²) in [6.07, 6.45) is 0. The van der Waals surface area contributed by atoms with Crippen LogP contribution in [0.5, 0.6) is 10.9 Å². The van der Waals surface area contributed by atoms with Gasteiger partial charge in [-0.3, -0.25) is 0 Å². The zero-order valence-electron chi connectivity index (χ0n) is 10.0. The van der Waals surface area contributed by atoms with Gasteiger partial charge in [0.15, 0.2) is 5.75 Å². The summed E-state index contributed by atoms with van der Waals surface area (Å²) < 4.78 is 10.2. The van der Waals surface area contributed by atoms with Crippen LogP contribution in [-0.4, -0.2) is 22.8 Å². The maximum atomic E-state index is 11.4. The quantitative estimate of drug-likeness (QED) is 0.599. The smallest absolute Gasteiger partial charge is 0.369 e. The lowest BCUT2D eigenvalue weighted by Gasteiger charge is -2.05. The van der Waals surface area contributed by atoms with Gasteiger partial charge in [0.1, 0.15) is 0 Å². The fraction of sp³-hybridized carbons (Fsp3) is 0.182. The van der Waals surface area contributed by atoms with Gasteiger partial charge in [-0.05, 0) is 24.3 Å². The Morgan fingerprint density at radius 1 is 1.20 bits per heavy atom. The Balaban J connectivity index is 2.19. The number of hydrogen-bond acceptors (Lipinski definition) is 6. The predicted molar refractivity (Wildman–Crippen MR) is 77.4 cm³/mol. The van der Waals surface area contributed by atoms with Crippen molar-refractivity contribution in [3.63, 3.8) is 0 Å². The molecule has 5 nitrogen and oxygen atoms in total. The van der Waals surface area contributed by atoms with Crippen LogP contribution >= 0.6 is 46.1 Å². The minimum atomic E-state index is -0.555. The van der Waals surface area contributed by atoms with Gasteiger partial charge < -0.3 is 9.47 Å². The van der Waals surface area contributed by atoms with Gasteiger partial charge in [0, 0.05) is 6.07 Å². The minimum Gasteiger partial charge on any atom is -0.461 e. The van der Waals surface area contributed by atoms with Crippen LogP contribution in [-0.2, 0) is 4.74 Å². The van der Waals surface area contributed by atoms with Gasteiger partial charge in [-0.25, -0.2) is 4.79 Å². The van der Waals surface area contributed by atoms with Crippen LogP contribution in [0.2, 0.25) is 15.1 Å². The normalized spacial score (nSPS) is 10.4. The Bertz CT molecular complexity index is 648. The molecule has 9 heteroatoms. The van der Waals surface area contributed by atoms with Crippen molar-refractivity contribution in [2.75, 3.05) is 6.61 Å². The molecular formula is C11H7Cl3N2O3S. The van der Waals surface area contributed by atoms with Gasteiger partial charge in [-0.2, -0.15) is 0 Å². The molecule has 106 valence electrons. The van der Waals surface area contributed by atoms with Crippen molar-refractivity contribution in [3.05, 3.63) is 32.2 Å². The maximum absolute atomic E-state index is 11.4. The van der Waals surface area contributed by atoms with Gasteiger partial charge >= 0.3 is 5.97 Å². The highest BCUT2D eigenvalue weighted by atomic mass is 35.5. The Morgan fingerprint density at radius 3 is 2.60 bits per heavy atom. The molecular weight excluding hydrogens is 347 g/mol. The predicted octanol–water partition coefficient (Wildman–Crippen LogP) is 4.47. The largest absolute Gasteiger partial charge is 0.461 e. The van der Waals surface area contributed by atoms with Gasteiger partial charge in [-0.15, -0.1) is 5.10 Å². The molecule has 0 saturated heterocycles. The first-order valence-electron chi connectivity index (χ1n) is 5.34. The average Bonchev–Trinajstić information content (AvgIpc) is 2.85. The van der Waals surface area contributed by atoms with Crippen LogP contribution in [0.3, 0.4) is 0 Å². The van der Waals surface area contributed by atoms with E-state index in [4.69, 9.17) is 44.3 Å². The summed E-state index contributed by atoms with van der Waals surface area (Å²) in [5.41, 5.74) is 0. The maximum Gasteiger partial charge on any atom is 0.369 e. The molecule has 0 atom stereocenters. The van der Waals surface area contributed by atoms with Gasteiger partial charge in [0.05, 0.1) is 21.7 Å². The van der Waals surface area contributed by atoms with Crippen LogP contribution in [0.15, 0.2) is 12.1 Å². The molecule has 0 aliphatic carbocycles. The SMILES string of the molecule is CCOC(=O)c1nnc(Oc2cc(Cl)c(Cl)cc2Cl)s1. The molecule has 0 aliphatic rings. The number of rotatable bonds is 4. The molecule has 2 aromatic rings. The van der Waals surface area contributed by atoms with E-state index in [1.165, 1.54) is 12.1 Å². The summed E-state index contributed by atoms with van der Waals surface area (Å²) in [5.74, 6) is -0.285. The average molecular weight is 354 g/mol. The van der Waals surface area contributed by atoms with E-state index < -0.39 is 5.97 Å². The Labute approximate surface area is 133 Å². The first-order chi connectivity index (χ1) is 9.51. The molecule has 0 N–H and O–H groups in total. The highest BCUT2D eigenvalue weighted by Crippen LogP contribution is 2.37. The van der Waals surface area contributed by atoms with E-state index in [9.17, 15) is 4.79 Å². The summed E-state index contributed by atoms with van der Waals surface area (Å²) in [7, 11) is 0. The molecule has 1 aromatic heterocycles. The first kappa shape index (κ1) is 15.3. The molecule has 20 heavy (non-hydrogen) atoms. The number of halogens is 3. The lowest BCUT2D eigenvalue weighted by atomic mass is 10.3. The summed E-state index contributed by atoms with van der Waals surface area (Å²) >= 11 is 18.6. The lowest BCUT2D eigenvalue weighted by Crippen LogP contribution is -2.03.